The van der Waals surface area contributed by atoms with Crippen LogP contribution in [0.25, 0.3) is 34.0 Å². The maximum Gasteiger partial charge on any atom is 0.258 e. The number of aromatic nitrogens is 2. The van der Waals surface area contributed by atoms with Gasteiger partial charge in [-0.15, -0.1) is 0 Å². The van der Waals surface area contributed by atoms with Crippen LogP contribution in [0.15, 0.2) is 71.3 Å². The molecule has 140 valence electrons. The zero-order chi connectivity index (χ0) is 19.7. The van der Waals surface area contributed by atoms with E-state index >= 15 is 0 Å². The second-order valence-electron chi connectivity index (χ2n) is 6.09. The molecule has 0 fully saturated rings. The van der Waals surface area contributed by atoms with Crippen LogP contribution in [-0.4, -0.2) is 20.4 Å². The summed E-state index contributed by atoms with van der Waals surface area (Å²) >= 11 is 6.23. The lowest BCUT2D eigenvalue weighted by Gasteiger charge is -2.05. The Morgan fingerprint density at radius 2 is 1.57 bits per heavy atom. The zero-order valence-corrected chi connectivity index (χ0v) is 15.1. The molecule has 0 aliphatic carbocycles. The first-order valence-electron chi connectivity index (χ1n) is 8.38. The van der Waals surface area contributed by atoms with Crippen molar-refractivity contribution in [2.24, 2.45) is 0 Å². The van der Waals surface area contributed by atoms with Crippen LogP contribution in [0.5, 0.6) is 0 Å². The Hall–Kier alpha value is -3.06. The van der Waals surface area contributed by atoms with Gasteiger partial charge in [0.25, 0.3) is 5.89 Å². The third kappa shape index (κ3) is 3.53. The lowest BCUT2D eigenvalue weighted by molar-refractivity contribution is -0.0449. The Bertz CT molecular complexity index is 1130. The first-order valence-corrected chi connectivity index (χ1v) is 8.76. The summed E-state index contributed by atoms with van der Waals surface area (Å²) in [6, 6.07) is 18.9. The maximum atomic E-state index is 13.9. The van der Waals surface area contributed by atoms with E-state index in [-0.39, 0.29) is 17.3 Å². The molecule has 0 saturated carbocycles. The van der Waals surface area contributed by atoms with Crippen molar-refractivity contribution in [3.8, 4) is 34.0 Å². The van der Waals surface area contributed by atoms with E-state index in [2.05, 4.69) is 10.1 Å². The summed E-state index contributed by atoms with van der Waals surface area (Å²) in [4.78, 5) is 4.29. The van der Waals surface area contributed by atoms with Crippen LogP contribution in [-0.2, 0) is 0 Å². The predicted octanol–water partition coefficient (Wildman–Crippen LogP) is 4.85. The highest BCUT2D eigenvalue weighted by atomic mass is 35.5. The number of hydrogen-bond donors (Lipinski definition) is 2. The van der Waals surface area contributed by atoms with Gasteiger partial charge in [-0.05, 0) is 29.8 Å². The topological polar surface area (TPSA) is 79.4 Å². The minimum absolute atomic E-state index is 0.197. The van der Waals surface area contributed by atoms with Gasteiger partial charge < -0.3 is 14.7 Å². The number of benzene rings is 3. The standard InChI is InChI=1S/C21H14ClFN2O3/c22-17-4-2-1-3-15(17)12-5-7-13(8-6-12)20-24-19(25-28-20)14-9-10-16(21(26)27)18(23)11-14/h1-11,21,26-27H. The van der Waals surface area contributed by atoms with Crippen molar-refractivity contribution in [2.75, 3.05) is 0 Å². The quantitative estimate of drug-likeness (QED) is 0.482. The number of hydrogen-bond acceptors (Lipinski definition) is 5. The molecule has 0 atom stereocenters. The van der Waals surface area contributed by atoms with Crippen molar-refractivity contribution >= 4 is 11.6 Å². The first kappa shape index (κ1) is 18.3. The van der Waals surface area contributed by atoms with E-state index in [1.807, 2.05) is 48.5 Å². The molecule has 0 unspecified atom stereocenters. The third-order valence-corrected chi connectivity index (χ3v) is 4.61. The Morgan fingerprint density at radius 3 is 2.25 bits per heavy atom. The summed E-state index contributed by atoms with van der Waals surface area (Å²) in [5.74, 6) is -0.279. The average molecular weight is 397 g/mol. The van der Waals surface area contributed by atoms with Crippen molar-refractivity contribution in [3.05, 3.63) is 83.1 Å². The molecule has 2 N–H and O–H groups in total. The van der Waals surface area contributed by atoms with E-state index in [0.717, 1.165) is 17.2 Å². The molecule has 1 heterocycles. The summed E-state index contributed by atoms with van der Waals surface area (Å²) in [5, 5.41) is 22.7. The van der Waals surface area contributed by atoms with Gasteiger partial charge in [0.1, 0.15) is 5.82 Å². The monoisotopic (exact) mass is 396 g/mol. The fraction of sp³-hybridized carbons (Fsp3) is 0.0476. The SMILES string of the molecule is OC(O)c1ccc(-c2noc(-c3ccc(-c4ccccc4Cl)cc3)n2)cc1F. The van der Waals surface area contributed by atoms with Crippen LogP contribution < -0.4 is 0 Å². The van der Waals surface area contributed by atoms with Crippen LogP contribution in [0.4, 0.5) is 4.39 Å². The van der Waals surface area contributed by atoms with Gasteiger partial charge in [0.2, 0.25) is 5.82 Å². The van der Waals surface area contributed by atoms with E-state index in [4.69, 9.17) is 26.3 Å². The second-order valence-corrected chi connectivity index (χ2v) is 6.50. The summed E-state index contributed by atoms with van der Waals surface area (Å²) in [6.07, 6.45) is -1.88. The lowest BCUT2D eigenvalue weighted by atomic mass is 10.0. The minimum Gasteiger partial charge on any atom is -0.364 e. The molecule has 28 heavy (non-hydrogen) atoms. The van der Waals surface area contributed by atoms with Gasteiger partial charge in [-0.3, -0.25) is 0 Å². The van der Waals surface area contributed by atoms with Gasteiger partial charge in [-0.25, -0.2) is 4.39 Å². The van der Waals surface area contributed by atoms with Crippen LogP contribution in [0, 0.1) is 5.82 Å². The molecule has 4 rings (SSSR count). The Kier molecular flexibility index (Phi) is 4.92. The van der Waals surface area contributed by atoms with Gasteiger partial charge in [0.15, 0.2) is 6.29 Å². The molecular formula is C21H14ClFN2O3. The molecule has 0 bridgehead atoms. The van der Waals surface area contributed by atoms with Gasteiger partial charge >= 0.3 is 0 Å². The van der Waals surface area contributed by atoms with E-state index < -0.39 is 12.1 Å². The predicted molar refractivity (Wildman–Crippen MR) is 103 cm³/mol. The minimum atomic E-state index is -1.88. The van der Waals surface area contributed by atoms with Gasteiger partial charge in [0.05, 0.1) is 0 Å². The van der Waals surface area contributed by atoms with Crippen LogP contribution >= 0.6 is 11.6 Å². The van der Waals surface area contributed by atoms with Crippen molar-refractivity contribution < 1.29 is 19.1 Å². The summed E-state index contributed by atoms with van der Waals surface area (Å²) in [6.45, 7) is 0. The van der Waals surface area contributed by atoms with Crippen LogP contribution in [0.1, 0.15) is 11.9 Å². The lowest BCUT2D eigenvalue weighted by Crippen LogP contribution is -1.99. The molecular weight excluding hydrogens is 383 g/mol. The molecule has 0 saturated heterocycles. The average Bonchev–Trinajstić information content (AvgIpc) is 3.18. The summed E-state index contributed by atoms with van der Waals surface area (Å²) < 4.78 is 19.2. The molecule has 0 radical (unpaired) electrons. The first-order chi connectivity index (χ1) is 13.5. The summed E-state index contributed by atoms with van der Waals surface area (Å²) in [5.41, 5.74) is 2.72. The van der Waals surface area contributed by atoms with Crippen molar-refractivity contribution in [2.45, 2.75) is 6.29 Å². The number of aliphatic hydroxyl groups is 2. The Morgan fingerprint density at radius 1 is 0.893 bits per heavy atom. The van der Waals surface area contributed by atoms with Crippen LogP contribution in [0.2, 0.25) is 5.02 Å². The molecule has 5 nitrogen and oxygen atoms in total. The third-order valence-electron chi connectivity index (χ3n) is 4.28. The fourth-order valence-corrected chi connectivity index (χ4v) is 3.07. The molecule has 0 aliphatic rings. The second kappa shape index (κ2) is 7.52. The fourth-order valence-electron chi connectivity index (χ4n) is 2.82. The normalized spacial score (nSPS) is 11.2. The Labute approximate surface area is 164 Å². The Balaban J connectivity index is 1.61. The number of aliphatic hydroxyl groups excluding tert-OH is 1. The highest BCUT2D eigenvalue weighted by molar-refractivity contribution is 6.33. The largest absolute Gasteiger partial charge is 0.364 e. The molecule has 0 amide bonds. The summed E-state index contributed by atoms with van der Waals surface area (Å²) in [7, 11) is 0. The van der Waals surface area contributed by atoms with Crippen molar-refractivity contribution in [1.29, 1.82) is 0 Å². The number of halogens is 2. The van der Waals surface area contributed by atoms with Crippen molar-refractivity contribution in [3.63, 3.8) is 0 Å². The highest BCUT2D eigenvalue weighted by Gasteiger charge is 2.15. The van der Waals surface area contributed by atoms with Crippen LogP contribution in [0.3, 0.4) is 0 Å². The molecule has 7 heteroatoms. The van der Waals surface area contributed by atoms with E-state index in [1.165, 1.54) is 12.1 Å². The number of rotatable bonds is 4. The van der Waals surface area contributed by atoms with Gasteiger partial charge in [-0.1, -0.05) is 59.2 Å². The molecule has 4 aromatic rings. The molecule has 0 aliphatic heterocycles. The van der Waals surface area contributed by atoms with E-state index in [1.54, 1.807) is 0 Å². The molecule has 3 aromatic carbocycles. The zero-order valence-electron chi connectivity index (χ0n) is 14.4. The van der Waals surface area contributed by atoms with Crippen molar-refractivity contribution in [1.82, 2.24) is 10.1 Å². The molecule has 0 spiro atoms. The highest BCUT2D eigenvalue weighted by Crippen LogP contribution is 2.30. The van der Waals surface area contributed by atoms with E-state index in [9.17, 15) is 4.39 Å². The molecule has 1 aromatic heterocycles. The maximum absolute atomic E-state index is 13.9. The van der Waals surface area contributed by atoms with Gasteiger partial charge in [-0.2, -0.15) is 4.98 Å². The number of nitrogens with zero attached hydrogens (tertiary/aromatic N) is 2. The van der Waals surface area contributed by atoms with Gasteiger partial charge in [0, 0.05) is 27.3 Å². The smallest absolute Gasteiger partial charge is 0.258 e. The van der Waals surface area contributed by atoms with E-state index in [0.29, 0.717) is 16.1 Å².